The minimum absolute atomic E-state index is 0. The average molecular weight is 322 g/mol. The standard InChI is InChI=1S/C8H5BrN2O2.BrH/c9-7-6(12)5-3-10-2-1-4(5)8(13)11-7;/h1-3,12H,(H,11,13);1H. The molecule has 0 aromatic carbocycles. The number of H-pyrrole nitrogens is 1. The molecule has 0 aliphatic heterocycles. The van der Waals surface area contributed by atoms with Crippen LogP contribution < -0.4 is 5.56 Å². The fourth-order valence-corrected chi connectivity index (χ4v) is 1.52. The highest BCUT2D eigenvalue weighted by Gasteiger charge is 2.07. The number of nitrogens with one attached hydrogen (secondary N) is 1. The van der Waals surface area contributed by atoms with E-state index in [1.807, 2.05) is 0 Å². The predicted molar refractivity (Wildman–Crippen MR) is 62.1 cm³/mol. The summed E-state index contributed by atoms with van der Waals surface area (Å²) in [6.45, 7) is 0. The third-order valence-electron chi connectivity index (χ3n) is 1.75. The van der Waals surface area contributed by atoms with Crippen LogP contribution in [0.5, 0.6) is 5.75 Å². The average Bonchev–Trinajstić information content (AvgIpc) is 2.15. The van der Waals surface area contributed by atoms with Gasteiger partial charge < -0.3 is 10.1 Å². The Bertz CT molecular complexity index is 524. The third-order valence-corrected chi connectivity index (χ3v) is 2.33. The van der Waals surface area contributed by atoms with Crippen LogP contribution in [0.15, 0.2) is 27.9 Å². The summed E-state index contributed by atoms with van der Waals surface area (Å²) in [6.07, 6.45) is 2.95. The lowest BCUT2D eigenvalue weighted by molar-refractivity contribution is 0.475. The van der Waals surface area contributed by atoms with Crippen molar-refractivity contribution in [3.05, 3.63) is 33.4 Å². The summed E-state index contributed by atoms with van der Waals surface area (Å²) in [7, 11) is 0. The van der Waals surface area contributed by atoms with E-state index in [4.69, 9.17) is 0 Å². The molecule has 2 heterocycles. The Morgan fingerprint density at radius 1 is 1.43 bits per heavy atom. The number of aromatic amines is 1. The quantitative estimate of drug-likeness (QED) is 0.729. The Labute approximate surface area is 97.9 Å². The van der Waals surface area contributed by atoms with E-state index in [2.05, 4.69) is 25.9 Å². The highest BCUT2D eigenvalue weighted by molar-refractivity contribution is 9.10. The second-order valence-corrected chi connectivity index (χ2v) is 3.33. The zero-order chi connectivity index (χ0) is 9.42. The monoisotopic (exact) mass is 320 g/mol. The fraction of sp³-hybridized carbons (Fsp3) is 0. The Hall–Kier alpha value is -0.880. The summed E-state index contributed by atoms with van der Waals surface area (Å²) in [5.41, 5.74) is -0.248. The first kappa shape index (κ1) is 11.2. The topological polar surface area (TPSA) is 66.0 Å². The van der Waals surface area contributed by atoms with E-state index in [0.717, 1.165) is 0 Å². The Morgan fingerprint density at radius 2 is 2.14 bits per heavy atom. The SMILES string of the molecule is Br.O=c1[nH]c(Br)c(O)c2cnccc12. The molecule has 0 amide bonds. The van der Waals surface area contributed by atoms with E-state index in [1.54, 1.807) is 6.07 Å². The zero-order valence-electron chi connectivity index (χ0n) is 6.82. The smallest absolute Gasteiger partial charge is 0.257 e. The number of hydrogen-bond acceptors (Lipinski definition) is 3. The number of aromatic nitrogens is 2. The van der Waals surface area contributed by atoms with Gasteiger partial charge in [0.25, 0.3) is 5.56 Å². The van der Waals surface area contributed by atoms with Gasteiger partial charge in [-0.2, -0.15) is 0 Å². The molecular formula is C8H6Br2N2O2. The van der Waals surface area contributed by atoms with Gasteiger partial charge in [-0.15, -0.1) is 17.0 Å². The van der Waals surface area contributed by atoms with Crippen molar-refractivity contribution in [2.45, 2.75) is 0 Å². The second kappa shape index (κ2) is 4.10. The van der Waals surface area contributed by atoms with Crippen molar-refractivity contribution < 1.29 is 5.11 Å². The van der Waals surface area contributed by atoms with Crippen LogP contribution in [-0.4, -0.2) is 15.1 Å². The number of nitrogens with zero attached hydrogens (tertiary/aromatic N) is 1. The van der Waals surface area contributed by atoms with Crippen molar-refractivity contribution in [3.63, 3.8) is 0 Å². The van der Waals surface area contributed by atoms with Crippen LogP contribution >= 0.6 is 32.9 Å². The van der Waals surface area contributed by atoms with Crippen LogP contribution in [0.25, 0.3) is 10.8 Å². The Balaban J connectivity index is 0.000000980. The van der Waals surface area contributed by atoms with Gasteiger partial charge >= 0.3 is 0 Å². The van der Waals surface area contributed by atoms with Crippen LogP contribution in [0, 0.1) is 0 Å². The molecule has 14 heavy (non-hydrogen) atoms. The van der Waals surface area contributed by atoms with Gasteiger partial charge in [-0.3, -0.25) is 9.78 Å². The highest BCUT2D eigenvalue weighted by atomic mass is 79.9. The first-order valence-electron chi connectivity index (χ1n) is 3.54. The van der Waals surface area contributed by atoms with Crippen molar-refractivity contribution >= 4 is 43.7 Å². The number of halogens is 2. The molecule has 2 N–H and O–H groups in total. The first-order chi connectivity index (χ1) is 6.20. The van der Waals surface area contributed by atoms with Gasteiger partial charge in [0.15, 0.2) is 5.75 Å². The largest absolute Gasteiger partial charge is 0.505 e. The number of fused-ring (bicyclic) bond motifs is 1. The number of rotatable bonds is 0. The van der Waals surface area contributed by atoms with Crippen molar-refractivity contribution in [1.82, 2.24) is 9.97 Å². The normalized spacial score (nSPS) is 9.79. The van der Waals surface area contributed by atoms with Gasteiger partial charge in [0.1, 0.15) is 4.60 Å². The summed E-state index contributed by atoms with van der Waals surface area (Å²) >= 11 is 3.03. The summed E-state index contributed by atoms with van der Waals surface area (Å²) in [4.78, 5) is 17.6. The number of pyridine rings is 2. The Morgan fingerprint density at radius 3 is 2.86 bits per heavy atom. The third kappa shape index (κ3) is 1.67. The minimum atomic E-state index is -0.248. The molecule has 0 saturated carbocycles. The lowest BCUT2D eigenvalue weighted by Crippen LogP contribution is -2.06. The van der Waals surface area contributed by atoms with Crippen molar-refractivity contribution in [3.8, 4) is 5.75 Å². The van der Waals surface area contributed by atoms with Gasteiger partial charge in [0, 0.05) is 12.4 Å². The van der Waals surface area contributed by atoms with Crippen LogP contribution in [0.1, 0.15) is 0 Å². The van der Waals surface area contributed by atoms with E-state index in [9.17, 15) is 9.90 Å². The summed E-state index contributed by atoms with van der Waals surface area (Å²) in [5, 5.41) is 10.4. The second-order valence-electron chi connectivity index (χ2n) is 2.54. The molecule has 2 aromatic heterocycles. The van der Waals surface area contributed by atoms with Crippen molar-refractivity contribution in [2.75, 3.05) is 0 Å². The van der Waals surface area contributed by atoms with E-state index in [0.29, 0.717) is 10.8 Å². The molecule has 0 saturated heterocycles. The molecule has 0 spiro atoms. The van der Waals surface area contributed by atoms with Crippen molar-refractivity contribution in [1.29, 1.82) is 0 Å². The number of aromatic hydroxyl groups is 1. The minimum Gasteiger partial charge on any atom is -0.505 e. The maximum absolute atomic E-state index is 11.3. The molecule has 4 nitrogen and oxygen atoms in total. The molecule has 6 heteroatoms. The van der Waals surface area contributed by atoms with Crippen LogP contribution in [0.3, 0.4) is 0 Å². The molecule has 0 unspecified atom stereocenters. The van der Waals surface area contributed by atoms with Crippen LogP contribution in [-0.2, 0) is 0 Å². The maximum Gasteiger partial charge on any atom is 0.257 e. The van der Waals surface area contributed by atoms with Crippen molar-refractivity contribution in [2.24, 2.45) is 0 Å². The molecule has 0 aliphatic rings. The van der Waals surface area contributed by atoms with Crippen LogP contribution in [0.4, 0.5) is 0 Å². The summed E-state index contributed by atoms with van der Waals surface area (Å²) < 4.78 is 0.276. The highest BCUT2D eigenvalue weighted by Crippen LogP contribution is 2.27. The first-order valence-corrected chi connectivity index (χ1v) is 4.34. The zero-order valence-corrected chi connectivity index (χ0v) is 10.1. The van der Waals surface area contributed by atoms with Gasteiger partial charge in [-0.05, 0) is 22.0 Å². The van der Waals surface area contributed by atoms with Gasteiger partial charge in [0.05, 0.1) is 10.8 Å². The predicted octanol–water partition coefficient (Wildman–Crippen LogP) is 1.97. The molecule has 0 atom stereocenters. The molecule has 0 aliphatic carbocycles. The lowest BCUT2D eigenvalue weighted by Gasteiger charge is -2.00. The van der Waals surface area contributed by atoms with Gasteiger partial charge in [-0.1, -0.05) is 0 Å². The Kier molecular flexibility index (Phi) is 3.28. The van der Waals surface area contributed by atoms with E-state index >= 15 is 0 Å². The molecule has 0 radical (unpaired) electrons. The van der Waals surface area contributed by atoms with Gasteiger partial charge in [0.2, 0.25) is 0 Å². The molecule has 74 valence electrons. The molecular weight excluding hydrogens is 316 g/mol. The molecule has 2 aromatic rings. The van der Waals surface area contributed by atoms with E-state index < -0.39 is 0 Å². The van der Waals surface area contributed by atoms with E-state index in [-0.39, 0.29) is 32.9 Å². The lowest BCUT2D eigenvalue weighted by atomic mass is 10.2. The summed E-state index contributed by atoms with van der Waals surface area (Å²) in [5.74, 6) is 0.00250. The van der Waals surface area contributed by atoms with E-state index in [1.165, 1.54) is 12.4 Å². The fourth-order valence-electron chi connectivity index (χ4n) is 1.13. The maximum atomic E-state index is 11.3. The molecule has 0 fully saturated rings. The molecule has 2 rings (SSSR count). The molecule has 0 bridgehead atoms. The summed E-state index contributed by atoms with van der Waals surface area (Å²) in [6, 6.07) is 1.56. The van der Waals surface area contributed by atoms with Crippen LogP contribution in [0.2, 0.25) is 0 Å². The van der Waals surface area contributed by atoms with Gasteiger partial charge in [-0.25, -0.2) is 0 Å². The number of hydrogen-bond donors (Lipinski definition) is 2.